The third-order valence-electron chi connectivity index (χ3n) is 4.01. The zero-order chi connectivity index (χ0) is 14.1. The molecule has 1 aliphatic carbocycles. The van der Waals surface area contributed by atoms with Gasteiger partial charge in [0.1, 0.15) is 5.75 Å². The lowest BCUT2D eigenvalue weighted by Gasteiger charge is -2.27. The summed E-state index contributed by atoms with van der Waals surface area (Å²) in [6.07, 6.45) is 6.33. The van der Waals surface area contributed by atoms with Gasteiger partial charge >= 0.3 is 0 Å². The van der Waals surface area contributed by atoms with Crippen molar-refractivity contribution in [2.45, 2.75) is 38.6 Å². The van der Waals surface area contributed by atoms with Gasteiger partial charge in [0.05, 0.1) is 17.4 Å². The minimum atomic E-state index is 0.264. The molecule has 4 nitrogen and oxygen atoms in total. The fourth-order valence-corrected chi connectivity index (χ4v) is 3.04. The van der Waals surface area contributed by atoms with Crippen LogP contribution in [-0.4, -0.2) is 14.9 Å². The highest BCUT2D eigenvalue weighted by Crippen LogP contribution is 2.35. The van der Waals surface area contributed by atoms with E-state index in [1.54, 1.807) is 6.07 Å². The van der Waals surface area contributed by atoms with Gasteiger partial charge in [0, 0.05) is 13.2 Å². The average molecular weight is 271 g/mol. The molecule has 1 aliphatic rings. The number of aryl methyl sites for hydroxylation is 3. The highest BCUT2D eigenvalue weighted by atomic mass is 16.3. The number of hydrogen-bond acceptors (Lipinski definition) is 3. The zero-order valence-electron chi connectivity index (χ0n) is 12.1. The maximum absolute atomic E-state index is 9.73. The molecule has 0 unspecified atom stereocenters. The van der Waals surface area contributed by atoms with Gasteiger partial charge in [0.2, 0.25) is 0 Å². The summed E-state index contributed by atoms with van der Waals surface area (Å²) >= 11 is 0. The normalized spacial score (nSPS) is 17.8. The van der Waals surface area contributed by atoms with Crippen molar-refractivity contribution >= 4 is 5.69 Å². The lowest BCUT2D eigenvalue weighted by atomic mass is 9.87. The first-order chi connectivity index (χ1) is 9.67. The van der Waals surface area contributed by atoms with Gasteiger partial charge in [-0.05, 0) is 48.9 Å². The first kappa shape index (κ1) is 13.0. The standard InChI is InChI=1S/C16H21N3O/c1-3-14-16(10-19(2)18-14)17-15-6-4-5-11-7-8-12(20)9-13(11)15/h7-10,15,17,20H,3-6H2,1-2H3/t15-/m0/s1. The van der Waals surface area contributed by atoms with E-state index >= 15 is 0 Å². The van der Waals surface area contributed by atoms with Crippen LogP contribution < -0.4 is 5.32 Å². The minimum Gasteiger partial charge on any atom is -0.508 e. The van der Waals surface area contributed by atoms with Crippen LogP contribution in [0.3, 0.4) is 0 Å². The smallest absolute Gasteiger partial charge is 0.115 e. The highest BCUT2D eigenvalue weighted by Gasteiger charge is 2.21. The van der Waals surface area contributed by atoms with Crippen molar-refractivity contribution in [2.75, 3.05) is 5.32 Å². The quantitative estimate of drug-likeness (QED) is 0.901. The SMILES string of the molecule is CCc1nn(C)cc1N[C@H]1CCCc2ccc(O)cc21. The fraction of sp³-hybridized carbons (Fsp3) is 0.438. The fourth-order valence-electron chi connectivity index (χ4n) is 3.04. The van der Waals surface area contributed by atoms with E-state index in [0.29, 0.717) is 5.75 Å². The van der Waals surface area contributed by atoms with Crippen LogP contribution in [0, 0.1) is 0 Å². The molecule has 20 heavy (non-hydrogen) atoms. The molecule has 0 fully saturated rings. The Bertz CT molecular complexity index is 618. The van der Waals surface area contributed by atoms with Crippen LogP contribution in [0.2, 0.25) is 0 Å². The first-order valence-corrected chi connectivity index (χ1v) is 7.28. The summed E-state index contributed by atoms with van der Waals surface area (Å²) in [6, 6.07) is 5.99. The summed E-state index contributed by atoms with van der Waals surface area (Å²) in [7, 11) is 1.95. The van der Waals surface area contributed by atoms with Gasteiger partial charge in [0.25, 0.3) is 0 Å². The van der Waals surface area contributed by atoms with Crippen LogP contribution in [-0.2, 0) is 19.9 Å². The molecule has 0 amide bonds. The average Bonchev–Trinajstić information content (AvgIpc) is 2.79. The van der Waals surface area contributed by atoms with Gasteiger partial charge in [0.15, 0.2) is 0 Å². The molecule has 1 aromatic carbocycles. The number of fused-ring (bicyclic) bond motifs is 1. The molecule has 1 heterocycles. The molecule has 1 atom stereocenters. The molecule has 3 rings (SSSR count). The molecule has 2 N–H and O–H groups in total. The number of nitrogens with zero attached hydrogens (tertiary/aromatic N) is 2. The number of hydrogen-bond donors (Lipinski definition) is 2. The Hall–Kier alpha value is -1.97. The number of aromatic nitrogens is 2. The van der Waals surface area contributed by atoms with Gasteiger partial charge in [-0.1, -0.05) is 13.0 Å². The van der Waals surface area contributed by atoms with E-state index < -0.39 is 0 Å². The van der Waals surface area contributed by atoms with Gasteiger partial charge in [-0.2, -0.15) is 5.10 Å². The molecule has 0 spiro atoms. The van der Waals surface area contributed by atoms with E-state index in [4.69, 9.17) is 0 Å². The summed E-state index contributed by atoms with van der Waals surface area (Å²) in [5, 5.41) is 17.8. The summed E-state index contributed by atoms with van der Waals surface area (Å²) < 4.78 is 1.85. The van der Waals surface area contributed by atoms with Crippen LogP contribution >= 0.6 is 0 Å². The Kier molecular flexibility index (Phi) is 3.38. The predicted molar refractivity (Wildman–Crippen MR) is 80.0 cm³/mol. The van der Waals surface area contributed by atoms with Crippen molar-refractivity contribution in [3.8, 4) is 5.75 Å². The minimum absolute atomic E-state index is 0.264. The van der Waals surface area contributed by atoms with Gasteiger partial charge in [-0.3, -0.25) is 4.68 Å². The van der Waals surface area contributed by atoms with Crippen LogP contribution in [0.5, 0.6) is 5.75 Å². The molecule has 0 saturated heterocycles. The summed E-state index contributed by atoms with van der Waals surface area (Å²) in [5.74, 6) is 0.347. The Morgan fingerprint density at radius 3 is 3.10 bits per heavy atom. The van der Waals surface area contributed by atoms with Crippen molar-refractivity contribution in [1.82, 2.24) is 9.78 Å². The Morgan fingerprint density at radius 2 is 2.30 bits per heavy atom. The topological polar surface area (TPSA) is 50.1 Å². The largest absolute Gasteiger partial charge is 0.508 e. The molecule has 106 valence electrons. The highest BCUT2D eigenvalue weighted by molar-refractivity contribution is 5.50. The van der Waals surface area contributed by atoms with E-state index in [2.05, 4.69) is 17.3 Å². The third-order valence-corrected chi connectivity index (χ3v) is 4.01. The van der Waals surface area contributed by atoms with E-state index in [9.17, 15) is 5.11 Å². The van der Waals surface area contributed by atoms with Crippen molar-refractivity contribution in [3.05, 3.63) is 41.2 Å². The van der Waals surface area contributed by atoms with Gasteiger partial charge < -0.3 is 10.4 Å². The van der Waals surface area contributed by atoms with E-state index in [0.717, 1.165) is 30.6 Å². The van der Waals surface area contributed by atoms with Crippen LogP contribution in [0.4, 0.5) is 5.69 Å². The number of benzene rings is 1. The van der Waals surface area contributed by atoms with Crippen LogP contribution in [0.25, 0.3) is 0 Å². The maximum Gasteiger partial charge on any atom is 0.115 e. The number of phenols is 1. The molecule has 4 heteroatoms. The number of nitrogens with one attached hydrogen (secondary N) is 1. The number of aromatic hydroxyl groups is 1. The molecular weight excluding hydrogens is 250 g/mol. The molecule has 0 aliphatic heterocycles. The molecule has 0 radical (unpaired) electrons. The van der Waals surface area contributed by atoms with Crippen molar-refractivity contribution in [2.24, 2.45) is 7.05 Å². The Morgan fingerprint density at radius 1 is 1.45 bits per heavy atom. The second-order valence-electron chi connectivity index (χ2n) is 5.49. The lowest BCUT2D eigenvalue weighted by molar-refractivity contribution is 0.471. The van der Waals surface area contributed by atoms with Gasteiger partial charge in [-0.15, -0.1) is 0 Å². The molecular formula is C16H21N3O. The maximum atomic E-state index is 9.73. The van der Waals surface area contributed by atoms with Crippen LogP contribution in [0.1, 0.15) is 42.6 Å². The number of anilines is 1. The van der Waals surface area contributed by atoms with E-state index in [1.165, 1.54) is 17.5 Å². The first-order valence-electron chi connectivity index (χ1n) is 7.28. The molecule has 2 aromatic rings. The second kappa shape index (κ2) is 5.19. The van der Waals surface area contributed by atoms with Crippen molar-refractivity contribution in [3.63, 3.8) is 0 Å². The second-order valence-corrected chi connectivity index (χ2v) is 5.49. The third kappa shape index (κ3) is 2.38. The molecule has 1 aromatic heterocycles. The predicted octanol–water partition coefficient (Wildman–Crippen LogP) is 3.18. The molecule has 0 bridgehead atoms. The van der Waals surface area contributed by atoms with E-state index in [1.807, 2.05) is 30.1 Å². The zero-order valence-corrected chi connectivity index (χ0v) is 12.1. The van der Waals surface area contributed by atoms with E-state index in [-0.39, 0.29) is 6.04 Å². The Balaban J connectivity index is 1.91. The number of rotatable bonds is 3. The summed E-state index contributed by atoms with van der Waals surface area (Å²) in [4.78, 5) is 0. The van der Waals surface area contributed by atoms with Crippen LogP contribution in [0.15, 0.2) is 24.4 Å². The lowest BCUT2D eigenvalue weighted by Crippen LogP contribution is -2.17. The summed E-state index contributed by atoms with van der Waals surface area (Å²) in [5.41, 5.74) is 4.77. The van der Waals surface area contributed by atoms with Crippen molar-refractivity contribution in [1.29, 1.82) is 0 Å². The number of phenolic OH excluding ortho intramolecular Hbond substituents is 1. The van der Waals surface area contributed by atoms with Crippen molar-refractivity contribution < 1.29 is 5.11 Å². The summed E-state index contributed by atoms with van der Waals surface area (Å²) in [6.45, 7) is 2.12. The monoisotopic (exact) mass is 271 g/mol. The van der Waals surface area contributed by atoms with Gasteiger partial charge in [-0.25, -0.2) is 0 Å². The Labute approximate surface area is 119 Å². The molecule has 0 saturated carbocycles.